The van der Waals surface area contributed by atoms with Crippen molar-refractivity contribution in [1.82, 2.24) is 0 Å². The predicted octanol–water partition coefficient (Wildman–Crippen LogP) is 3.46. The van der Waals surface area contributed by atoms with Gasteiger partial charge < -0.3 is 0 Å². The quantitative estimate of drug-likeness (QED) is 0.675. The third kappa shape index (κ3) is 2.08. The number of rotatable bonds is 1. The molecule has 0 aliphatic rings. The normalized spacial score (nSPS) is 9.90. The van der Waals surface area contributed by atoms with Crippen molar-refractivity contribution in [2.24, 2.45) is 0 Å². The van der Waals surface area contributed by atoms with Gasteiger partial charge in [0, 0.05) is 7.14 Å². The van der Waals surface area contributed by atoms with Gasteiger partial charge >= 0.3 is 0 Å². The van der Waals surface area contributed by atoms with Gasteiger partial charge in [-0.05, 0) is 75.4 Å². The Morgan fingerprint density at radius 1 is 1.30 bits per heavy atom. The van der Waals surface area contributed by atoms with E-state index in [0.29, 0.717) is 0 Å². The summed E-state index contributed by atoms with van der Waals surface area (Å²) in [6, 6.07) is 6.55. The third-order valence-corrected chi connectivity index (χ3v) is 3.11. The van der Waals surface area contributed by atoms with Crippen molar-refractivity contribution < 1.29 is 0 Å². The Labute approximate surface area is 88.7 Å². The Bertz CT molecular complexity index is 231. The van der Waals surface area contributed by atoms with Crippen LogP contribution in [0, 0.1) is 7.14 Å². The van der Waals surface area contributed by atoms with E-state index < -0.39 is 0 Å². The van der Waals surface area contributed by atoms with Crippen LogP contribution in [0.5, 0.6) is 0 Å². The minimum Gasteiger partial charge on any atom is -0.0613 e. The molecular formula is C8H8I2. The largest absolute Gasteiger partial charge is 0.0613 e. The van der Waals surface area contributed by atoms with E-state index in [4.69, 9.17) is 0 Å². The average molecular weight is 358 g/mol. The molecule has 0 N–H and O–H groups in total. The molecule has 0 radical (unpaired) electrons. The molecule has 1 rings (SSSR count). The van der Waals surface area contributed by atoms with Gasteiger partial charge in [0.1, 0.15) is 0 Å². The second-order valence-electron chi connectivity index (χ2n) is 2.09. The number of benzene rings is 1. The van der Waals surface area contributed by atoms with Crippen molar-refractivity contribution in [3.8, 4) is 0 Å². The molecular weight excluding hydrogens is 350 g/mol. The molecule has 0 aliphatic carbocycles. The summed E-state index contributed by atoms with van der Waals surface area (Å²) in [5.41, 5.74) is 1.45. The first-order valence-corrected chi connectivity index (χ1v) is 5.33. The standard InChI is InChI=1S/C8H8I2/c1-2-6-5-7(9)3-4-8(6)10/h3-5H,2H2,1H3. The molecule has 0 spiro atoms. The average Bonchev–Trinajstić information content (AvgIpc) is 1.94. The Kier molecular flexibility index (Phi) is 3.42. The van der Waals surface area contributed by atoms with Crippen LogP contribution in [0.2, 0.25) is 0 Å². The van der Waals surface area contributed by atoms with Crippen LogP contribution in [0.15, 0.2) is 18.2 Å². The second-order valence-corrected chi connectivity index (χ2v) is 4.50. The fourth-order valence-electron chi connectivity index (χ4n) is 0.814. The highest BCUT2D eigenvalue weighted by atomic mass is 127. The van der Waals surface area contributed by atoms with E-state index in [1.54, 1.807) is 0 Å². The van der Waals surface area contributed by atoms with E-state index in [9.17, 15) is 0 Å². The molecule has 0 amide bonds. The highest BCUT2D eigenvalue weighted by Gasteiger charge is 1.95. The molecule has 0 fully saturated rings. The van der Waals surface area contributed by atoms with Crippen molar-refractivity contribution in [2.75, 3.05) is 0 Å². The molecule has 0 bridgehead atoms. The number of halogens is 2. The summed E-state index contributed by atoms with van der Waals surface area (Å²) in [6.07, 6.45) is 1.13. The van der Waals surface area contributed by atoms with E-state index in [2.05, 4.69) is 70.3 Å². The van der Waals surface area contributed by atoms with Gasteiger partial charge in [0.25, 0.3) is 0 Å². The van der Waals surface area contributed by atoms with E-state index in [1.165, 1.54) is 12.7 Å². The summed E-state index contributed by atoms with van der Waals surface area (Å²) in [6.45, 7) is 2.19. The van der Waals surface area contributed by atoms with E-state index in [-0.39, 0.29) is 0 Å². The molecule has 1 aromatic rings. The van der Waals surface area contributed by atoms with Gasteiger partial charge in [-0.15, -0.1) is 0 Å². The van der Waals surface area contributed by atoms with Crippen LogP contribution in [0.4, 0.5) is 0 Å². The minimum absolute atomic E-state index is 1.13. The van der Waals surface area contributed by atoms with Crippen LogP contribution >= 0.6 is 45.2 Å². The van der Waals surface area contributed by atoms with Crippen molar-refractivity contribution in [3.05, 3.63) is 30.9 Å². The zero-order valence-corrected chi connectivity index (χ0v) is 10.0. The summed E-state index contributed by atoms with van der Waals surface area (Å²) in [7, 11) is 0. The van der Waals surface area contributed by atoms with Crippen molar-refractivity contribution in [1.29, 1.82) is 0 Å². The smallest absolute Gasteiger partial charge is 0.0162 e. The van der Waals surface area contributed by atoms with Gasteiger partial charge in [-0.25, -0.2) is 0 Å². The topological polar surface area (TPSA) is 0 Å². The Balaban J connectivity index is 3.09. The lowest BCUT2D eigenvalue weighted by Crippen LogP contribution is -1.85. The maximum absolute atomic E-state index is 2.37. The fourth-order valence-corrected chi connectivity index (χ4v) is 2.09. The molecule has 0 unspecified atom stereocenters. The van der Waals surface area contributed by atoms with Crippen LogP contribution in [-0.4, -0.2) is 0 Å². The first kappa shape index (κ1) is 8.77. The van der Waals surface area contributed by atoms with Gasteiger partial charge in [0.2, 0.25) is 0 Å². The minimum atomic E-state index is 1.13. The molecule has 0 aromatic heterocycles. The third-order valence-electron chi connectivity index (χ3n) is 1.39. The molecule has 54 valence electrons. The van der Waals surface area contributed by atoms with Crippen LogP contribution in [0.3, 0.4) is 0 Å². The van der Waals surface area contributed by atoms with E-state index in [0.717, 1.165) is 6.42 Å². The maximum atomic E-state index is 2.37. The van der Waals surface area contributed by atoms with Gasteiger partial charge in [-0.2, -0.15) is 0 Å². The monoisotopic (exact) mass is 358 g/mol. The van der Waals surface area contributed by atoms with Crippen LogP contribution in [-0.2, 0) is 6.42 Å². The maximum Gasteiger partial charge on any atom is 0.0162 e. The van der Waals surface area contributed by atoms with Crippen LogP contribution in [0.1, 0.15) is 12.5 Å². The summed E-state index contributed by atoms with van der Waals surface area (Å²) >= 11 is 4.72. The Morgan fingerprint density at radius 3 is 2.50 bits per heavy atom. The predicted molar refractivity (Wildman–Crippen MR) is 61.3 cm³/mol. The fraction of sp³-hybridized carbons (Fsp3) is 0.250. The molecule has 0 aliphatic heterocycles. The van der Waals surface area contributed by atoms with Gasteiger partial charge in [0.05, 0.1) is 0 Å². The van der Waals surface area contributed by atoms with Gasteiger partial charge in [0.15, 0.2) is 0 Å². The SMILES string of the molecule is CCc1cc(I)ccc1I. The zero-order valence-electron chi connectivity index (χ0n) is 5.70. The first-order chi connectivity index (χ1) is 4.74. The van der Waals surface area contributed by atoms with Gasteiger partial charge in [-0.1, -0.05) is 6.92 Å². The van der Waals surface area contributed by atoms with Crippen LogP contribution < -0.4 is 0 Å². The lowest BCUT2D eigenvalue weighted by Gasteiger charge is -1.99. The van der Waals surface area contributed by atoms with Crippen molar-refractivity contribution >= 4 is 45.2 Å². The number of aryl methyl sites for hydroxylation is 1. The molecule has 2 heteroatoms. The van der Waals surface area contributed by atoms with Gasteiger partial charge in [-0.3, -0.25) is 0 Å². The molecule has 0 nitrogen and oxygen atoms in total. The second kappa shape index (κ2) is 3.90. The Hall–Kier alpha value is 0.680. The molecule has 1 aromatic carbocycles. The highest BCUT2D eigenvalue weighted by Crippen LogP contribution is 2.15. The van der Waals surface area contributed by atoms with E-state index >= 15 is 0 Å². The Morgan fingerprint density at radius 2 is 2.00 bits per heavy atom. The highest BCUT2D eigenvalue weighted by molar-refractivity contribution is 14.1. The molecule has 0 saturated carbocycles. The van der Waals surface area contributed by atoms with Crippen molar-refractivity contribution in [2.45, 2.75) is 13.3 Å². The molecule has 10 heavy (non-hydrogen) atoms. The number of hydrogen-bond acceptors (Lipinski definition) is 0. The molecule has 0 heterocycles. The summed E-state index contributed by atoms with van der Waals surface area (Å²) in [4.78, 5) is 0. The zero-order chi connectivity index (χ0) is 7.56. The molecule has 0 saturated heterocycles. The molecule has 0 atom stereocenters. The summed E-state index contributed by atoms with van der Waals surface area (Å²) in [5.74, 6) is 0. The lowest BCUT2D eigenvalue weighted by atomic mass is 10.2. The summed E-state index contributed by atoms with van der Waals surface area (Å²) in [5, 5.41) is 0. The van der Waals surface area contributed by atoms with E-state index in [1.807, 2.05) is 0 Å². The lowest BCUT2D eigenvalue weighted by molar-refractivity contribution is 1.12. The van der Waals surface area contributed by atoms with Crippen molar-refractivity contribution in [3.63, 3.8) is 0 Å². The summed E-state index contributed by atoms with van der Waals surface area (Å²) < 4.78 is 2.70. The number of hydrogen-bond donors (Lipinski definition) is 0. The first-order valence-electron chi connectivity index (χ1n) is 3.18. The van der Waals surface area contributed by atoms with Crippen LogP contribution in [0.25, 0.3) is 0 Å².